The second kappa shape index (κ2) is 5.21. The maximum Gasteiger partial charge on any atom is 0.140 e. The summed E-state index contributed by atoms with van der Waals surface area (Å²) in [5.41, 5.74) is 2.59. The zero-order valence-electron chi connectivity index (χ0n) is 10.5. The number of benzene rings is 2. The highest BCUT2D eigenvalue weighted by molar-refractivity contribution is 6.36. The Labute approximate surface area is 131 Å². The number of hydrogen-bond acceptors (Lipinski definition) is 2. The average molecular weight is 324 g/mol. The average Bonchev–Trinajstić information content (AvgIpc) is 2.39. The van der Waals surface area contributed by atoms with Gasteiger partial charge in [0.2, 0.25) is 0 Å². The molecule has 0 saturated heterocycles. The lowest BCUT2D eigenvalue weighted by Gasteiger charge is -2.08. The first-order chi connectivity index (χ1) is 9.54. The quantitative estimate of drug-likeness (QED) is 0.547. The molecule has 0 saturated carbocycles. The second-order valence-corrected chi connectivity index (χ2v) is 5.62. The highest BCUT2D eigenvalue weighted by Crippen LogP contribution is 2.34. The van der Waals surface area contributed by atoms with E-state index in [0.717, 1.165) is 22.0 Å². The molecule has 0 N–H and O–H groups in total. The first-order valence-corrected chi connectivity index (χ1v) is 7.07. The first kappa shape index (κ1) is 13.6. The van der Waals surface area contributed by atoms with E-state index in [-0.39, 0.29) is 0 Å². The van der Waals surface area contributed by atoms with Crippen molar-refractivity contribution >= 4 is 45.7 Å². The van der Waals surface area contributed by atoms with Crippen LogP contribution in [0.15, 0.2) is 36.4 Å². The summed E-state index contributed by atoms with van der Waals surface area (Å²) in [5.74, 6) is 0.623. The van der Waals surface area contributed by atoms with Crippen LogP contribution in [0.3, 0.4) is 0 Å². The maximum atomic E-state index is 6.35. The van der Waals surface area contributed by atoms with Crippen molar-refractivity contribution in [3.8, 4) is 11.1 Å². The Kier molecular flexibility index (Phi) is 3.55. The number of aryl methyl sites for hydroxylation is 1. The number of aromatic nitrogens is 2. The van der Waals surface area contributed by atoms with E-state index in [0.29, 0.717) is 21.0 Å². The summed E-state index contributed by atoms with van der Waals surface area (Å²) in [7, 11) is 0. The normalized spacial score (nSPS) is 11.0. The summed E-state index contributed by atoms with van der Waals surface area (Å²) in [6, 6.07) is 11.2. The van der Waals surface area contributed by atoms with Crippen molar-refractivity contribution in [1.82, 2.24) is 9.97 Å². The molecule has 0 amide bonds. The largest absolute Gasteiger partial charge is 0.233 e. The topological polar surface area (TPSA) is 25.8 Å². The highest BCUT2D eigenvalue weighted by Gasteiger charge is 2.10. The minimum absolute atomic E-state index is 0.430. The number of halogens is 3. The first-order valence-electron chi connectivity index (χ1n) is 5.94. The van der Waals surface area contributed by atoms with Crippen LogP contribution in [0, 0.1) is 6.92 Å². The van der Waals surface area contributed by atoms with Gasteiger partial charge in [0, 0.05) is 16.0 Å². The molecule has 100 valence electrons. The van der Waals surface area contributed by atoms with Crippen LogP contribution < -0.4 is 0 Å². The van der Waals surface area contributed by atoms with Crippen LogP contribution >= 0.6 is 34.8 Å². The lowest BCUT2D eigenvalue weighted by molar-refractivity contribution is 1.09. The summed E-state index contributed by atoms with van der Waals surface area (Å²) < 4.78 is 0. The third kappa shape index (κ3) is 2.47. The molecule has 5 heteroatoms. The van der Waals surface area contributed by atoms with Gasteiger partial charge in [-0.15, -0.1) is 0 Å². The Bertz CT molecular complexity index is 798. The maximum absolute atomic E-state index is 6.35. The van der Waals surface area contributed by atoms with Crippen molar-refractivity contribution in [2.75, 3.05) is 0 Å². The monoisotopic (exact) mass is 322 g/mol. The Balaban J connectivity index is 2.26. The lowest BCUT2D eigenvalue weighted by atomic mass is 10.0. The molecule has 0 unspecified atom stereocenters. The molecule has 1 heterocycles. The van der Waals surface area contributed by atoms with Gasteiger partial charge in [0.25, 0.3) is 0 Å². The molecule has 0 fully saturated rings. The van der Waals surface area contributed by atoms with Crippen LogP contribution in [0.2, 0.25) is 15.2 Å². The Morgan fingerprint density at radius 1 is 0.900 bits per heavy atom. The second-order valence-electron chi connectivity index (χ2n) is 4.42. The zero-order chi connectivity index (χ0) is 14.3. The number of rotatable bonds is 1. The summed E-state index contributed by atoms with van der Waals surface area (Å²) in [5, 5.41) is 2.52. The van der Waals surface area contributed by atoms with Gasteiger partial charge >= 0.3 is 0 Å². The third-order valence-electron chi connectivity index (χ3n) is 3.01. The summed E-state index contributed by atoms with van der Waals surface area (Å²) in [6.07, 6.45) is 0. The summed E-state index contributed by atoms with van der Waals surface area (Å²) in [4.78, 5) is 8.52. The fraction of sp³-hybridized carbons (Fsp3) is 0.0667. The molecule has 0 atom stereocenters. The van der Waals surface area contributed by atoms with Crippen LogP contribution in [-0.2, 0) is 0 Å². The number of nitrogens with zero attached hydrogens (tertiary/aromatic N) is 2. The van der Waals surface area contributed by atoms with E-state index < -0.39 is 0 Å². The lowest BCUT2D eigenvalue weighted by Crippen LogP contribution is -1.91. The minimum atomic E-state index is 0.430. The molecule has 3 aromatic rings. The van der Waals surface area contributed by atoms with Crippen molar-refractivity contribution in [1.29, 1.82) is 0 Å². The summed E-state index contributed by atoms with van der Waals surface area (Å²) >= 11 is 18.4. The SMILES string of the molecule is Cc1nc(Cl)c2cc(-c3ccc(Cl)cc3)c(Cl)cc2n1. The van der Waals surface area contributed by atoms with E-state index in [4.69, 9.17) is 34.8 Å². The molecule has 0 spiro atoms. The van der Waals surface area contributed by atoms with Gasteiger partial charge in [-0.25, -0.2) is 9.97 Å². The molecular formula is C15H9Cl3N2. The molecule has 0 bridgehead atoms. The van der Waals surface area contributed by atoms with E-state index in [9.17, 15) is 0 Å². The van der Waals surface area contributed by atoms with Gasteiger partial charge in [0.15, 0.2) is 0 Å². The fourth-order valence-corrected chi connectivity index (χ4v) is 2.74. The van der Waals surface area contributed by atoms with Crippen LogP contribution in [-0.4, -0.2) is 9.97 Å². The Hall–Kier alpha value is -1.35. The third-order valence-corrected chi connectivity index (χ3v) is 3.86. The van der Waals surface area contributed by atoms with E-state index in [1.54, 1.807) is 13.0 Å². The molecule has 0 aliphatic heterocycles. The zero-order valence-corrected chi connectivity index (χ0v) is 12.8. The van der Waals surface area contributed by atoms with Crippen molar-refractivity contribution in [3.63, 3.8) is 0 Å². The Morgan fingerprint density at radius 2 is 1.60 bits per heavy atom. The molecule has 2 aromatic carbocycles. The molecule has 0 radical (unpaired) electrons. The van der Waals surface area contributed by atoms with E-state index >= 15 is 0 Å². The number of fused-ring (bicyclic) bond motifs is 1. The van der Waals surface area contributed by atoms with Crippen LogP contribution in [0.4, 0.5) is 0 Å². The van der Waals surface area contributed by atoms with Crippen molar-refractivity contribution < 1.29 is 0 Å². The molecule has 0 aliphatic rings. The fourth-order valence-electron chi connectivity index (χ4n) is 2.07. The predicted molar refractivity (Wildman–Crippen MR) is 84.7 cm³/mol. The molecule has 2 nitrogen and oxygen atoms in total. The van der Waals surface area contributed by atoms with Crippen molar-refractivity contribution in [2.45, 2.75) is 6.92 Å². The summed E-state index contributed by atoms with van der Waals surface area (Å²) in [6.45, 7) is 1.80. The molecule has 20 heavy (non-hydrogen) atoms. The van der Waals surface area contributed by atoms with Gasteiger partial charge in [0.05, 0.1) is 10.5 Å². The predicted octanol–water partition coefficient (Wildman–Crippen LogP) is 5.57. The number of hydrogen-bond donors (Lipinski definition) is 0. The van der Waals surface area contributed by atoms with Gasteiger partial charge in [-0.1, -0.05) is 46.9 Å². The van der Waals surface area contributed by atoms with Crippen molar-refractivity contribution in [2.24, 2.45) is 0 Å². The van der Waals surface area contributed by atoms with E-state index in [2.05, 4.69) is 9.97 Å². The molecule has 3 rings (SSSR count). The van der Waals surface area contributed by atoms with Crippen LogP contribution in [0.1, 0.15) is 5.82 Å². The van der Waals surface area contributed by atoms with Crippen LogP contribution in [0.25, 0.3) is 22.0 Å². The van der Waals surface area contributed by atoms with E-state index in [1.165, 1.54) is 0 Å². The molecule has 0 aliphatic carbocycles. The van der Waals surface area contributed by atoms with Crippen molar-refractivity contribution in [3.05, 3.63) is 57.4 Å². The molecule has 1 aromatic heterocycles. The smallest absolute Gasteiger partial charge is 0.140 e. The van der Waals surface area contributed by atoms with Gasteiger partial charge < -0.3 is 0 Å². The van der Waals surface area contributed by atoms with Gasteiger partial charge in [-0.2, -0.15) is 0 Å². The van der Waals surface area contributed by atoms with Gasteiger partial charge in [-0.3, -0.25) is 0 Å². The van der Waals surface area contributed by atoms with Gasteiger partial charge in [-0.05, 0) is 36.8 Å². The minimum Gasteiger partial charge on any atom is -0.233 e. The van der Waals surface area contributed by atoms with Gasteiger partial charge in [0.1, 0.15) is 11.0 Å². The Morgan fingerprint density at radius 3 is 2.30 bits per heavy atom. The molecular weight excluding hydrogens is 315 g/mol. The van der Waals surface area contributed by atoms with Crippen LogP contribution in [0.5, 0.6) is 0 Å². The highest BCUT2D eigenvalue weighted by atomic mass is 35.5. The standard InChI is InChI=1S/C15H9Cl3N2/c1-8-19-14-7-13(17)11(6-12(14)15(18)20-8)9-2-4-10(16)5-3-9/h2-7H,1H3. The van der Waals surface area contributed by atoms with E-state index in [1.807, 2.05) is 30.3 Å².